The Hall–Kier alpha value is -3.75. The minimum Gasteiger partial charge on any atom is -0.340 e. The average Bonchev–Trinajstić information content (AvgIpc) is 3.40. The van der Waals surface area contributed by atoms with E-state index in [4.69, 9.17) is 0 Å². The van der Waals surface area contributed by atoms with Gasteiger partial charge in [-0.3, -0.25) is 9.48 Å². The molecule has 30 heavy (non-hydrogen) atoms. The zero-order chi connectivity index (χ0) is 20.3. The predicted molar refractivity (Wildman–Crippen MR) is 112 cm³/mol. The van der Waals surface area contributed by atoms with E-state index in [9.17, 15) is 4.79 Å². The van der Waals surface area contributed by atoms with Crippen molar-refractivity contribution in [3.63, 3.8) is 0 Å². The van der Waals surface area contributed by atoms with E-state index in [-0.39, 0.29) is 11.8 Å². The molecule has 1 amide bonds. The molecule has 5 heterocycles. The summed E-state index contributed by atoms with van der Waals surface area (Å²) in [5.74, 6) is 0.572. The van der Waals surface area contributed by atoms with E-state index in [0.717, 1.165) is 30.7 Å². The fourth-order valence-corrected chi connectivity index (χ4v) is 3.82. The summed E-state index contributed by atoms with van der Waals surface area (Å²) in [6, 6.07) is 7.69. The molecule has 0 spiro atoms. The molecule has 1 N–H and O–H groups in total. The summed E-state index contributed by atoms with van der Waals surface area (Å²) in [5.41, 5.74) is 2.50. The summed E-state index contributed by atoms with van der Waals surface area (Å²) in [6.45, 7) is 2.02. The minimum absolute atomic E-state index is 0.00270. The van der Waals surface area contributed by atoms with E-state index in [1.165, 1.54) is 0 Å². The van der Waals surface area contributed by atoms with Gasteiger partial charge in [0.25, 0.3) is 0 Å². The van der Waals surface area contributed by atoms with Crippen LogP contribution in [0.3, 0.4) is 0 Å². The monoisotopic (exact) mass is 402 g/mol. The van der Waals surface area contributed by atoms with Gasteiger partial charge in [-0.25, -0.2) is 15.0 Å². The summed E-state index contributed by atoms with van der Waals surface area (Å²) in [7, 11) is 0. The number of nitrogens with one attached hydrogen (secondary N) is 1. The van der Waals surface area contributed by atoms with Gasteiger partial charge in [-0.1, -0.05) is 6.07 Å². The van der Waals surface area contributed by atoms with E-state index in [1.54, 1.807) is 29.3 Å². The van der Waals surface area contributed by atoms with Crippen LogP contribution in [0.4, 0.5) is 11.6 Å². The number of imidazole rings is 1. The van der Waals surface area contributed by atoms with Gasteiger partial charge in [0.05, 0.1) is 30.0 Å². The second-order valence-electron chi connectivity index (χ2n) is 7.45. The minimum atomic E-state index is -0.107. The van der Waals surface area contributed by atoms with Gasteiger partial charge >= 0.3 is 0 Å². The summed E-state index contributed by atoms with van der Waals surface area (Å²) in [4.78, 5) is 28.1. The van der Waals surface area contributed by atoms with Crippen LogP contribution < -0.4 is 10.2 Å². The Morgan fingerprint density at radius 2 is 2.07 bits per heavy atom. The lowest BCUT2D eigenvalue weighted by Gasteiger charge is -2.31. The molecular formula is C21H22N8O. The van der Waals surface area contributed by atoms with E-state index in [2.05, 4.69) is 30.3 Å². The summed E-state index contributed by atoms with van der Waals surface area (Å²) >= 11 is 0. The number of hydrogen-bond acceptors (Lipinski definition) is 6. The maximum absolute atomic E-state index is 12.8. The van der Waals surface area contributed by atoms with Gasteiger partial charge in [0.1, 0.15) is 5.65 Å². The Morgan fingerprint density at radius 3 is 2.93 bits per heavy atom. The molecule has 1 aliphatic heterocycles. The Bertz CT molecular complexity index is 1120. The van der Waals surface area contributed by atoms with Crippen LogP contribution in [0.1, 0.15) is 18.5 Å². The highest BCUT2D eigenvalue weighted by Crippen LogP contribution is 2.21. The Kier molecular flexibility index (Phi) is 4.84. The van der Waals surface area contributed by atoms with Gasteiger partial charge in [0.15, 0.2) is 0 Å². The average molecular weight is 402 g/mol. The van der Waals surface area contributed by atoms with Crippen molar-refractivity contribution in [3.8, 4) is 0 Å². The first-order valence-electron chi connectivity index (χ1n) is 10.0. The van der Waals surface area contributed by atoms with Crippen molar-refractivity contribution in [2.75, 3.05) is 23.3 Å². The van der Waals surface area contributed by atoms with Crippen LogP contribution in [-0.2, 0) is 11.3 Å². The maximum atomic E-state index is 12.8. The first-order valence-corrected chi connectivity index (χ1v) is 10.0. The smallest absolute Gasteiger partial charge is 0.229 e. The molecular weight excluding hydrogens is 380 g/mol. The van der Waals surface area contributed by atoms with Gasteiger partial charge in [-0.2, -0.15) is 5.10 Å². The van der Waals surface area contributed by atoms with E-state index in [1.807, 2.05) is 41.2 Å². The molecule has 5 rings (SSSR count). The van der Waals surface area contributed by atoms with Crippen LogP contribution >= 0.6 is 0 Å². The van der Waals surface area contributed by atoms with Crippen molar-refractivity contribution in [2.24, 2.45) is 5.92 Å². The number of aromatic nitrogens is 6. The van der Waals surface area contributed by atoms with Crippen LogP contribution in [0.25, 0.3) is 5.65 Å². The molecule has 9 nitrogen and oxygen atoms in total. The van der Waals surface area contributed by atoms with Gasteiger partial charge in [0, 0.05) is 44.1 Å². The largest absolute Gasteiger partial charge is 0.340 e. The quantitative estimate of drug-likeness (QED) is 0.550. The van der Waals surface area contributed by atoms with E-state index >= 15 is 0 Å². The molecule has 4 aromatic rings. The molecule has 1 fully saturated rings. The van der Waals surface area contributed by atoms with E-state index in [0.29, 0.717) is 24.7 Å². The molecule has 1 atom stereocenters. The number of nitrogens with zero attached hydrogens (tertiary/aromatic N) is 7. The second kappa shape index (κ2) is 7.94. The molecule has 9 heteroatoms. The third-order valence-electron chi connectivity index (χ3n) is 5.27. The molecule has 0 radical (unpaired) electrons. The summed E-state index contributed by atoms with van der Waals surface area (Å²) in [6.07, 6.45) is 12.7. The van der Waals surface area contributed by atoms with E-state index < -0.39 is 0 Å². The highest BCUT2D eigenvalue weighted by Gasteiger charge is 2.27. The van der Waals surface area contributed by atoms with Crippen molar-refractivity contribution in [1.82, 2.24) is 29.1 Å². The molecule has 4 aromatic heterocycles. The second-order valence-corrected chi connectivity index (χ2v) is 7.45. The zero-order valence-electron chi connectivity index (χ0n) is 16.4. The fraction of sp³-hybridized carbons (Fsp3) is 0.286. The number of carbonyl (C=O) groups is 1. The standard InChI is InChI=1S/C21H22N8O/c30-20(16-5-3-10-28(12-16)21-22-7-4-8-23-21)26-17-11-24-29(14-17)15-18-13-27-9-2-1-6-19(27)25-18/h1-2,4,6-9,11,13-14,16H,3,5,10,12,15H2,(H,26,30). The number of rotatable bonds is 5. The third kappa shape index (κ3) is 3.86. The summed E-state index contributed by atoms with van der Waals surface area (Å²) < 4.78 is 3.76. The maximum Gasteiger partial charge on any atom is 0.229 e. The number of hydrogen-bond donors (Lipinski definition) is 1. The molecule has 0 bridgehead atoms. The topological polar surface area (TPSA) is 93.2 Å². The Labute approximate surface area is 173 Å². The molecule has 152 valence electrons. The lowest BCUT2D eigenvalue weighted by Crippen LogP contribution is -2.41. The van der Waals surface area contributed by atoms with Gasteiger partial charge < -0.3 is 14.6 Å². The van der Waals surface area contributed by atoms with Crippen molar-refractivity contribution < 1.29 is 4.79 Å². The van der Waals surface area contributed by atoms with Gasteiger partial charge in [-0.15, -0.1) is 0 Å². The highest BCUT2D eigenvalue weighted by atomic mass is 16.1. The molecule has 0 aliphatic carbocycles. The Balaban J connectivity index is 1.22. The fourth-order valence-electron chi connectivity index (χ4n) is 3.82. The van der Waals surface area contributed by atoms with Gasteiger partial charge in [-0.05, 0) is 31.0 Å². The molecule has 0 aromatic carbocycles. The van der Waals surface area contributed by atoms with Gasteiger partial charge in [0.2, 0.25) is 11.9 Å². The predicted octanol–water partition coefficient (Wildman–Crippen LogP) is 2.22. The number of anilines is 2. The number of piperidine rings is 1. The number of fused-ring (bicyclic) bond motifs is 1. The number of pyridine rings is 1. The van der Waals surface area contributed by atoms with Crippen LogP contribution in [-0.4, -0.2) is 48.1 Å². The van der Waals surface area contributed by atoms with Crippen LogP contribution in [0.2, 0.25) is 0 Å². The molecule has 1 unspecified atom stereocenters. The normalized spacial score (nSPS) is 16.7. The van der Waals surface area contributed by atoms with Crippen LogP contribution in [0, 0.1) is 5.92 Å². The van der Waals surface area contributed by atoms with Crippen LogP contribution in [0.15, 0.2) is 61.4 Å². The summed E-state index contributed by atoms with van der Waals surface area (Å²) in [5, 5.41) is 7.37. The molecule has 0 saturated carbocycles. The number of amides is 1. The first kappa shape index (κ1) is 18.3. The molecule has 1 aliphatic rings. The van der Waals surface area contributed by atoms with Crippen molar-refractivity contribution >= 4 is 23.2 Å². The first-order chi connectivity index (χ1) is 14.7. The lowest BCUT2D eigenvalue weighted by molar-refractivity contribution is -0.120. The van der Waals surface area contributed by atoms with Crippen LogP contribution in [0.5, 0.6) is 0 Å². The Morgan fingerprint density at radius 1 is 1.17 bits per heavy atom. The lowest BCUT2D eigenvalue weighted by atomic mass is 9.97. The van der Waals surface area contributed by atoms with Crippen molar-refractivity contribution in [1.29, 1.82) is 0 Å². The zero-order valence-corrected chi connectivity index (χ0v) is 16.4. The third-order valence-corrected chi connectivity index (χ3v) is 5.27. The molecule has 1 saturated heterocycles. The van der Waals surface area contributed by atoms with Crippen molar-refractivity contribution in [3.05, 3.63) is 67.1 Å². The van der Waals surface area contributed by atoms with Crippen molar-refractivity contribution in [2.45, 2.75) is 19.4 Å². The highest BCUT2D eigenvalue weighted by molar-refractivity contribution is 5.92. The SMILES string of the molecule is O=C(Nc1cnn(Cc2cn3ccccc3n2)c1)C1CCCN(c2ncccn2)C1. The number of carbonyl (C=O) groups excluding carboxylic acids is 1.